The van der Waals surface area contributed by atoms with Gasteiger partial charge in [-0.05, 0) is 63.9 Å². The first-order valence-corrected chi connectivity index (χ1v) is 13.5. The van der Waals surface area contributed by atoms with Crippen LogP contribution in [0.1, 0.15) is 66.4 Å². The fourth-order valence-corrected chi connectivity index (χ4v) is 5.59. The summed E-state index contributed by atoms with van der Waals surface area (Å²) < 4.78 is 30.3. The first kappa shape index (κ1) is 27.8. The zero-order valence-electron chi connectivity index (χ0n) is 21.0. The van der Waals surface area contributed by atoms with Gasteiger partial charge in [0.15, 0.2) is 0 Å². The van der Waals surface area contributed by atoms with Crippen molar-refractivity contribution >= 4 is 16.1 Å². The van der Waals surface area contributed by atoms with E-state index in [0.717, 1.165) is 18.4 Å². The molecule has 2 rings (SSSR count). The number of rotatable bonds is 12. The third kappa shape index (κ3) is 9.00. The maximum absolute atomic E-state index is 13.1. The average molecular weight is 482 g/mol. The van der Waals surface area contributed by atoms with Crippen molar-refractivity contribution in [3.05, 3.63) is 35.9 Å². The molecule has 1 saturated carbocycles. The largest absolute Gasteiger partial charge is 0.390 e. The minimum Gasteiger partial charge on any atom is -0.390 e. The van der Waals surface area contributed by atoms with Crippen LogP contribution in [0.4, 0.5) is 0 Å². The summed E-state index contributed by atoms with van der Waals surface area (Å²) in [6, 6.07) is 9.07. The van der Waals surface area contributed by atoms with Gasteiger partial charge < -0.3 is 10.4 Å². The number of aliphatic hydroxyl groups excluding tert-OH is 1. The van der Waals surface area contributed by atoms with Crippen LogP contribution in [-0.4, -0.2) is 54.5 Å². The van der Waals surface area contributed by atoms with Crippen molar-refractivity contribution < 1.29 is 18.3 Å². The molecule has 1 aromatic carbocycles. The summed E-state index contributed by atoms with van der Waals surface area (Å²) in [4.78, 5) is 12.9. The summed E-state index contributed by atoms with van der Waals surface area (Å²) in [6.45, 7) is 11.7. The number of hydrogen-bond acceptors (Lipinski definition) is 4. The maximum atomic E-state index is 13.1. The molecule has 1 amide bonds. The van der Waals surface area contributed by atoms with E-state index in [1.54, 1.807) is 20.8 Å². The molecule has 1 fully saturated rings. The predicted octanol–water partition coefficient (Wildman–Crippen LogP) is 3.10. The van der Waals surface area contributed by atoms with Gasteiger partial charge in [0.2, 0.25) is 5.91 Å². The lowest BCUT2D eigenvalue weighted by Gasteiger charge is -2.36. The first-order valence-electron chi connectivity index (χ1n) is 12.1. The van der Waals surface area contributed by atoms with Gasteiger partial charge in [-0.2, -0.15) is 17.4 Å². The van der Waals surface area contributed by atoms with Crippen LogP contribution in [0.25, 0.3) is 0 Å². The van der Waals surface area contributed by atoms with Crippen LogP contribution in [-0.2, 0) is 21.4 Å². The van der Waals surface area contributed by atoms with Crippen molar-refractivity contribution in [1.82, 2.24) is 14.3 Å². The van der Waals surface area contributed by atoms with Crippen LogP contribution in [0.3, 0.4) is 0 Å². The monoisotopic (exact) mass is 481 g/mol. The van der Waals surface area contributed by atoms with Crippen LogP contribution < -0.4 is 10.0 Å². The Hall–Kier alpha value is -1.48. The highest BCUT2D eigenvalue weighted by Gasteiger charge is 2.36. The summed E-state index contributed by atoms with van der Waals surface area (Å²) in [7, 11) is -3.81. The topological polar surface area (TPSA) is 98.7 Å². The molecule has 0 heterocycles. The van der Waals surface area contributed by atoms with E-state index in [1.807, 2.05) is 44.2 Å². The second-order valence-corrected chi connectivity index (χ2v) is 12.6. The van der Waals surface area contributed by atoms with E-state index in [4.69, 9.17) is 0 Å². The van der Waals surface area contributed by atoms with Gasteiger partial charge in [0.1, 0.15) is 0 Å². The van der Waals surface area contributed by atoms with E-state index in [0.29, 0.717) is 31.2 Å². The second kappa shape index (κ2) is 11.8. The summed E-state index contributed by atoms with van der Waals surface area (Å²) in [5.74, 6) is 0.546. The van der Waals surface area contributed by atoms with Crippen molar-refractivity contribution in [2.45, 2.75) is 84.9 Å². The first-order chi connectivity index (χ1) is 15.3. The Morgan fingerprint density at radius 3 is 2.30 bits per heavy atom. The van der Waals surface area contributed by atoms with Crippen molar-refractivity contribution in [2.24, 2.45) is 17.8 Å². The number of nitrogens with one attached hydrogen (secondary N) is 2. The SMILES string of the molecule is CC(C)CCN(CC(O)C(Cc1ccccc1)NC(=O)C1CCC1C)S(=O)(=O)NC(C)(C)C. The highest BCUT2D eigenvalue weighted by atomic mass is 32.2. The Morgan fingerprint density at radius 2 is 1.82 bits per heavy atom. The number of carbonyl (C=O) groups excluding carboxylic acids is 1. The average Bonchev–Trinajstić information content (AvgIpc) is 2.67. The van der Waals surface area contributed by atoms with E-state index in [2.05, 4.69) is 17.0 Å². The predicted molar refractivity (Wildman–Crippen MR) is 133 cm³/mol. The van der Waals surface area contributed by atoms with Crippen molar-refractivity contribution in [3.8, 4) is 0 Å². The molecule has 1 aliphatic rings. The second-order valence-electron chi connectivity index (χ2n) is 10.9. The van der Waals surface area contributed by atoms with E-state index in [-0.39, 0.29) is 18.4 Å². The molecule has 1 aliphatic carbocycles. The zero-order chi connectivity index (χ0) is 24.8. The Morgan fingerprint density at radius 1 is 1.18 bits per heavy atom. The fraction of sp³-hybridized carbons (Fsp3) is 0.720. The molecular weight excluding hydrogens is 438 g/mol. The number of aliphatic hydroxyl groups is 1. The molecule has 4 unspecified atom stereocenters. The van der Waals surface area contributed by atoms with Gasteiger partial charge in [0.05, 0.1) is 12.1 Å². The van der Waals surface area contributed by atoms with Gasteiger partial charge in [-0.15, -0.1) is 0 Å². The van der Waals surface area contributed by atoms with Gasteiger partial charge in [-0.1, -0.05) is 51.1 Å². The van der Waals surface area contributed by atoms with Crippen molar-refractivity contribution in [2.75, 3.05) is 13.1 Å². The summed E-state index contributed by atoms with van der Waals surface area (Å²) in [5.41, 5.74) is 0.339. The Kier molecular flexibility index (Phi) is 9.91. The Labute approximate surface area is 200 Å². The molecule has 3 N–H and O–H groups in total. The third-order valence-corrected chi connectivity index (χ3v) is 8.05. The number of benzene rings is 1. The lowest BCUT2D eigenvalue weighted by Crippen LogP contribution is -2.56. The minimum atomic E-state index is -3.81. The summed E-state index contributed by atoms with van der Waals surface area (Å²) in [5, 5.41) is 14.2. The van der Waals surface area contributed by atoms with E-state index >= 15 is 0 Å². The molecule has 0 bridgehead atoms. The van der Waals surface area contributed by atoms with Gasteiger partial charge in [-0.3, -0.25) is 4.79 Å². The van der Waals surface area contributed by atoms with Gasteiger partial charge >= 0.3 is 0 Å². The molecule has 0 aliphatic heterocycles. The fourth-order valence-electron chi connectivity index (χ4n) is 4.00. The van der Waals surface area contributed by atoms with Gasteiger partial charge in [0.25, 0.3) is 10.2 Å². The molecule has 33 heavy (non-hydrogen) atoms. The number of hydrogen-bond donors (Lipinski definition) is 3. The summed E-state index contributed by atoms with van der Waals surface area (Å²) >= 11 is 0. The molecule has 7 nitrogen and oxygen atoms in total. The minimum absolute atomic E-state index is 0.0428. The molecule has 0 spiro atoms. The molecular formula is C25H43N3O4S. The third-order valence-electron chi connectivity index (χ3n) is 6.17. The molecule has 188 valence electrons. The number of carbonyl (C=O) groups is 1. The molecule has 0 aromatic heterocycles. The lowest BCUT2D eigenvalue weighted by molar-refractivity contribution is -0.131. The maximum Gasteiger partial charge on any atom is 0.280 e. The highest BCUT2D eigenvalue weighted by Crippen LogP contribution is 2.33. The van der Waals surface area contributed by atoms with Gasteiger partial charge in [-0.25, -0.2) is 0 Å². The van der Waals surface area contributed by atoms with Crippen LogP contribution in [0.5, 0.6) is 0 Å². The Bertz CT molecular complexity index is 852. The van der Waals surface area contributed by atoms with Crippen molar-refractivity contribution in [3.63, 3.8) is 0 Å². The van der Waals surface area contributed by atoms with Crippen LogP contribution in [0.2, 0.25) is 0 Å². The molecule has 1 aromatic rings. The highest BCUT2D eigenvalue weighted by molar-refractivity contribution is 7.87. The van der Waals surface area contributed by atoms with Crippen LogP contribution in [0, 0.1) is 17.8 Å². The zero-order valence-corrected chi connectivity index (χ0v) is 21.9. The van der Waals surface area contributed by atoms with Crippen molar-refractivity contribution in [1.29, 1.82) is 0 Å². The van der Waals surface area contributed by atoms with E-state index < -0.39 is 27.9 Å². The lowest BCUT2D eigenvalue weighted by atomic mass is 9.74. The van der Waals surface area contributed by atoms with Crippen LogP contribution >= 0.6 is 0 Å². The van der Waals surface area contributed by atoms with Gasteiger partial charge in [0, 0.05) is 24.5 Å². The smallest absolute Gasteiger partial charge is 0.280 e. The number of amides is 1. The van der Waals surface area contributed by atoms with E-state index in [9.17, 15) is 18.3 Å². The molecule has 0 radical (unpaired) electrons. The molecule has 4 atom stereocenters. The van der Waals surface area contributed by atoms with E-state index in [1.165, 1.54) is 4.31 Å². The quantitative estimate of drug-likeness (QED) is 0.427. The summed E-state index contributed by atoms with van der Waals surface area (Å²) in [6.07, 6.45) is 1.94. The molecule has 0 saturated heterocycles. The number of nitrogens with zero attached hydrogens (tertiary/aromatic N) is 1. The van der Waals surface area contributed by atoms with Crippen LogP contribution in [0.15, 0.2) is 30.3 Å². The normalized spacial score (nSPS) is 21.0. The standard InChI is InChI=1S/C25H43N3O4S/c1-18(2)14-15-28(33(31,32)27-25(4,5)6)17-23(29)22(16-20-10-8-7-9-11-20)26-24(30)21-13-12-19(21)3/h7-11,18-19,21-23,27,29H,12-17H2,1-6H3,(H,26,30). The Balaban J connectivity index is 2.22. The molecule has 8 heteroatoms.